The summed E-state index contributed by atoms with van der Waals surface area (Å²) in [6, 6.07) is 3.29. The first-order valence-electron chi connectivity index (χ1n) is 3.82. The minimum Gasteiger partial charge on any atom is -0.366 e. The Morgan fingerprint density at radius 2 is 2.21 bits per heavy atom. The van der Waals surface area contributed by atoms with Crippen molar-refractivity contribution in [2.24, 2.45) is 5.73 Å². The van der Waals surface area contributed by atoms with Crippen LogP contribution in [-0.2, 0) is 0 Å². The van der Waals surface area contributed by atoms with Gasteiger partial charge in [0.25, 0.3) is 0 Å². The number of hydrogen-bond acceptors (Lipinski definition) is 4. The summed E-state index contributed by atoms with van der Waals surface area (Å²) in [4.78, 5) is 17.8. The van der Waals surface area contributed by atoms with Crippen molar-refractivity contribution >= 4 is 17.2 Å². The molecule has 0 saturated carbocycles. The van der Waals surface area contributed by atoms with Gasteiger partial charge in [-0.25, -0.2) is 0 Å². The number of primary amides is 1. The second kappa shape index (κ2) is 5.82. The third kappa shape index (κ3) is 3.77. The van der Waals surface area contributed by atoms with Gasteiger partial charge in [0.15, 0.2) is 0 Å². The van der Waals surface area contributed by atoms with Crippen LogP contribution < -0.4 is 5.73 Å². The third-order valence-electron chi connectivity index (χ3n) is 1.29. The van der Waals surface area contributed by atoms with Gasteiger partial charge in [-0.1, -0.05) is 0 Å². The number of amides is 1. The maximum Gasteiger partial charge on any atom is 0.250 e. The Morgan fingerprint density at radius 3 is 2.50 bits per heavy atom. The molecule has 5 heteroatoms. The highest BCUT2D eigenvalue weighted by atomic mass is 32.1. The number of nitrogens with two attached hydrogens (primary N) is 1. The van der Waals surface area contributed by atoms with Crippen molar-refractivity contribution in [1.29, 1.82) is 0 Å². The van der Waals surface area contributed by atoms with Crippen molar-refractivity contribution < 1.29 is 4.79 Å². The van der Waals surface area contributed by atoms with Gasteiger partial charge < -0.3 is 5.73 Å². The fraction of sp³-hybridized carbons (Fsp3) is 0. The molecule has 0 fully saturated rings. The van der Waals surface area contributed by atoms with E-state index in [-0.39, 0.29) is 0 Å². The maximum absolute atomic E-state index is 10.4. The fourth-order valence-electron chi connectivity index (χ4n) is 0.684. The molecule has 0 aliphatic heterocycles. The Bertz CT molecular complexity index is 344. The molecule has 14 heavy (non-hydrogen) atoms. The lowest BCUT2D eigenvalue weighted by Gasteiger charge is -1.88. The van der Waals surface area contributed by atoms with Gasteiger partial charge in [0, 0.05) is 24.0 Å². The highest BCUT2D eigenvalue weighted by molar-refractivity contribution is 7.07. The Kier molecular flexibility index (Phi) is 4.30. The molecule has 2 rings (SSSR count). The number of nitrogens with zero attached hydrogens (tertiary/aromatic N) is 2. The molecule has 2 aromatic heterocycles. The monoisotopic (exact) mass is 207 g/mol. The summed E-state index contributed by atoms with van der Waals surface area (Å²) in [5.41, 5.74) is 7.17. The molecule has 0 aliphatic carbocycles. The summed E-state index contributed by atoms with van der Waals surface area (Å²) < 4.78 is 0. The van der Waals surface area contributed by atoms with E-state index >= 15 is 0 Å². The fourth-order valence-corrected chi connectivity index (χ4v) is 1.04. The second-order valence-electron chi connectivity index (χ2n) is 2.28. The van der Waals surface area contributed by atoms with Crippen LogP contribution in [0.2, 0.25) is 0 Å². The number of hydrogen-bond donors (Lipinski definition) is 1. The molecule has 4 nitrogen and oxygen atoms in total. The van der Waals surface area contributed by atoms with Crippen LogP contribution in [0.5, 0.6) is 0 Å². The second-order valence-corrected chi connectivity index (χ2v) is 3.04. The lowest BCUT2D eigenvalue weighted by molar-refractivity contribution is 0.1000. The van der Waals surface area contributed by atoms with E-state index in [0.29, 0.717) is 5.56 Å². The number of carbonyl (C=O) groups excluding carboxylic acids is 1. The summed E-state index contributed by atoms with van der Waals surface area (Å²) in [6.45, 7) is 0. The largest absolute Gasteiger partial charge is 0.366 e. The van der Waals surface area contributed by atoms with Crippen molar-refractivity contribution in [3.63, 3.8) is 0 Å². The average molecular weight is 207 g/mol. The molecule has 0 radical (unpaired) electrons. The van der Waals surface area contributed by atoms with Crippen molar-refractivity contribution in [2.45, 2.75) is 0 Å². The van der Waals surface area contributed by atoms with Crippen LogP contribution in [0.3, 0.4) is 0 Å². The zero-order chi connectivity index (χ0) is 10.2. The van der Waals surface area contributed by atoms with Gasteiger partial charge >= 0.3 is 0 Å². The predicted molar refractivity (Wildman–Crippen MR) is 54.9 cm³/mol. The first-order chi connectivity index (χ1) is 6.80. The van der Waals surface area contributed by atoms with Gasteiger partial charge in [-0.3, -0.25) is 14.8 Å². The lowest BCUT2D eigenvalue weighted by atomic mass is 10.3. The summed E-state index contributed by atoms with van der Waals surface area (Å²) in [5.74, 6) is -0.442. The van der Waals surface area contributed by atoms with Crippen LogP contribution in [0.1, 0.15) is 10.4 Å². The Morgan fingerprint density at radius 1 is 1.36 bits per heavy atom. The highest BCUT2D eigenvalue weighted by Crippen LogP contribution is 1.91. The normalized spacial score (nSPS) is 8.57. The minimum atomic E-state index is -0.442. The highest BCUT2D eigenvalue weighted by Gasteiger charge is 1.94. The summed E-state index contributed by atoms with van der Waals surface area (Å²) >= 11 is 1.60. The molecule has 0 aliphatic rings. The average Bonchev–Trinajstić information content (AvgIpc) is 2.77. The Balaban J connectivity index is 0.000000165. The van der Waals surface area contributed by atoms with Crippen LogP contribution in [0.15, 0.2) is 41.6 Å². The zero-order valence-corrected chi connectivity index (χ0v) is 8.15. The first kappa shape index (κ1) is 10.3. The van der Waals surface area contributed by atoms with Crippen molar-refractivity contribution in [3.8, 4) is 0 Å². The zero-order valence-electron chi connectivity index (χ0n) is 7.33. The van der Waals surface area contributed by atoms with E-state index in [1.54, 1.807) is 41.4 Å². The Labute approximate surface area is 85.4 Å². The summed E-state index contributed by atoms with van der Waals surface area (Å²) in [6.07, 6.45) is 4.79. The molecule has 2 aromatic rings. The molecule has 0 spiro atoms. The number of pyridine rings is 1. The van der Waals surface area contributed by atoms with E-state index in [1.807, 2.05) is 5.38 Å². The molecule has 1 amide bonds. The van der Waals surface area contributed by atoms with Crippen molar-refractivity contribution in [1.82, 2.24) is 9.97 Å². The topological polar surface area (TPSA) is 68.9 Å². The molecule has 0 unspecified atom stereocenters. The van der Waals surface area contributed by atoms with Gasteiger partial charge in [0.2, 0.25) is 5.91 Å². The van der Waals surface area contributed by atoms with Crippen LogP contribution in [-0.4, -0.2) is 15.9 Å². The van der Waals surface area contributed by atoms with Crippen LogP contribution in [0.25, 0.3) is 0 Å². The maximum atomic E-state index is 10.4. The number of rotatable bonds is 1. The predicted octanol–water partition coefficient (Wildman–Crippen LogP) is 1.32. The van der Waals surface area contributed by atoms with Gasteiger partial charge in [0.1, 0.15) is 0 Å². The Hall–Kier alpha value is -1.75. The number of aromatic nitrogens is 2. The van der Waals surface area contributed by atoms with E-state index in [1.165, 1.54) is 6.20 Å². The van der Waals surface area contributed by atoms with Crippen LogP contribution in [0.4, 0.5) is 0 Å². The lowest BCUT2D eigenvalue weighted by Crippen LogP contribution is -2.10. The summed E-state index contributed by atoms with van der Waals surface area (Å²) in [7, 11) is 0. The first-order valence-corrected chi connectivity index (χ1v) is 4.77. The molecule has 2 heterocycles. The van der Waals surface area contributed by atoms with Crippen LogP contribution in [0, 0.1) is 0 Å². The van der Waals surface area contributed by atoms with E-state index in [2.05, 4.69) is 9.97 Å². The van der Waals surface area contributed by atoms with Gasteiger partial charge in [-0.2, -0.15) is 0 Å². The van der Waals surface area contributed by atoms with E-state index in [4.69, 9.17) is 5.73 Å². The van der Waals surface area contributed by atoms with E-state index < -0.39 is 5.91 Å². The molecule has 0 aromatic carbocycles. The molecular weight excluding hydrogens is 198 g/mol. The number of thiazole rings is 1. The quantitative estimate of drug-likeness (QED) is 0.766. The molecule has 0 atom stereocenters. The van der Waals surface area contributed by atoms with Crippen molar-refractivity contribution in [3.05, 3.63) is 47.2 Å². The molecular formula is C9H9N3OS. The third-order valence-corrected chi connectivity index (χ3v) is 1.82. The van der Waals surface area contributed by atoms with Gasteiger partial charge in [-0.05, 0) is 12.1 Å². The minimum absolute atomic E-state index is 0.442. The molecule has 2 N–H and O–H groups in total. The van der Waals surface area contributed by atoms with Gasteiger partial charge in [-0.15, -0.1) is 11.3 Å². The summed E-state index contributed by atoms with van der Waals surface area (Å²) in [5, 5.41) is 1.93. The molecule has 72 valence electrons. The smallest absolute Gasteiger partial charge is 0.250 e. The van der Waals surface area contributed by atoms with E-state index in [0.717, 1.165) is 0 Å². The molecule has 0 bridgehead atoms. The van der Waals surface area contributed by atoms with Gasteiger partial charge in [0.05, 0.1) is 11.1 Å². The SMILES string of the molecule is NC(=O)c1cccnc1.c1cscn1. The van der Waals surface area contributed by atoms with Crippen LogP contribution >= 0.6 is 11.3 Å². The van der Waals surface area contributed by atoms with Crippen molar-refractivity contribution in [2.75, 3.05) is 0 Å². The van der Waals surface area contributed by atoms with E-state index in [9.17, 15) is 4.79 Å². The molecule has 0 saturated heterocycles. The number of carbonyl (C=O) groups is 1. The standard InChI is InChI=1S/C6H6N2O.C3H3NS/c7-6(9)5-2-1-3-8-4-5;1-2-5-3-4-1/h1-4H,(H2,7,9);1-3H.